The summed E-state index contributed by atoms with van der Waals surface area (Å²) in [5.74, 6) is -0.199. The molecule has 0 aromatic rings. The second kappa shape index (κ2) is 4.69. The molecule has 1 saturated heterocycles. The summed E-state index contributed by atoms with van der Waals surface area (Å²) in [6.45, 7) is 2.23. The smallest absolute Gasteiger partial charge is 0.246 e. The fraction of sp³-hybridized carbons (Fsp3) is 0.750. The molecule has 1 fully saturated rings. The second-order valence-corrected chi connectivity index (χ2v) is 4.54. The van der Waals surface area contributed by atoms with Crippen molar-refractivity contribution < 1.29 is 4.79 Å². The minimum absolute atomic E-state index is 0.199. The number of amides is 1. The van der Waals surface area contributed by atoms with Crippen LogP contribution in [0.3, 0.4) is 0 Å². The molecule has 0 bridgehead atoms. The first-order valence-corrected chi connectivity index (χ1v) is 6.06. The van der Waals surface area contributed by atoms with Crippen LogP contribution in [0.2, 0.25) is 0 Å². The highest BCUT2D eigenvalue weighted by Gasteiger charge is 2.22. The Morgan fingerprint density at radius 2 is 1.67 bits per heavy atom. The third kappa shape index (κ3) is 2.33. The number of nitrogens with zero attached hydrogens (tertiary/aromatic N) is 1. The van der Waals surface area contributed by atoms with Crippen LogP contribution in [-0.2, 0) is 4.79 Å². The van der Waals surface area contributed by atoms with Crippen molar-refractivity contribution in [1.82, 2.24) is 4.90 Å². The van der Waals surface area contributed by atoms with E-state index in [-0.39, 0.29) is 5.91 Å². The third-order valence-corrected chi connectivity index (χ3v) is 3.47. The van der Waals surface area contributed by atoms with Crippen LogP contribution in [-0.4, -0.2) is 23.9 Å². The molecule has 0 spiro atoms. The summed E-state index contributed by atoms with van der Waals surface area (Å²) in [5.41, 5.74) is 7.60. The summed E-state index contributed by atoms with van der Waals surface area (Å²) in [6, 6.07) is 0. The van der Waals surface area contributed by atoms with E-state index in [0.717, 1.165) is 37.9 Å². The normalized spacial score (nSPS) is 23.1. The van der Waals surface area contributed by atoms with Crippen molar-refractivity contribution in [2.75, 3.05) is 13.1 Å². The average molecular weight is 208 g/mol. The molecule has 3 heteroatoms. The van der Waals surface area contributed by atoms with Crippen LogP contribution in [0.1, 0.15) is 44.9 Å². The highest BCUT2D eigenvalue weighted by Crippen LogP contribution is 2.29. The summed E-state index contributed by atoms with van der Waals surface area (Å²) in [4.78, 5) is 13.7. The second-order valence-electron chi connectivity index (χ2n) is 4.54. The fourth-order valence-corrected chi connectivity index (χ4v) is 2.67. The van der Waals surface area contributed by atoms with E-state index in [9.17, 15) is 4.79 Å². The van der Waals surface area contributed by atoms with Crippen LogP contribution in [0.15, 0.2) is 11.3 Å². The Kier molecular flexibility index (Phi) is 3.29. The van der Waals surface area contributed by atoms with E-state index >= 15 is 0 Å². The zero-order valence-corrected chi connectivity index (χ0v) is 9.30. The molecular formula is C12H20N2O. The number of primary amides is 1. The van der Waals surface area contributed by atoms with E-state index in [1.807, 2.05) is 0 Å². The zero-order chi connectivity index (χ0) is 10.7. The molecule has 15 heavy (non-hydrogen) atoms. The first-order chi connectivity index (χ1) is 7.29. The average Bonchev–Trinajstić information content (AvgIpc) is 2.30. The molecule has 2 rings (SSSR count). The van der Waals surface area contributed by atoms with Crippen molar-refractivity contribution in [3.63, 3.8) is 0 Å². The summed E-state index contributed by atoms with van der Waals surface area (Å²) in [5, 5.41) is 0. The Labute approximate surface area is 91.3 Å². The molecule has 3 nitrogen and oxygen atoms in total. The highest BCUT2D eigenvalue weighted by molar-refractivity contribution is 5.92. The van der Waals surface area contributed by atoms with E-state index < -0.39 is 0 Å². The molecule has 0 aromatic carbocycles. The maximum absolute atomic E-state index is 11.3. The van der Waals surface area contributed by atoms with Gasteiger partial charge in [-0.2, -0.15) is 0 Å². The Morgan fingerprint density at radius 1 is 1.00 bits per heavy atom. The van der Waals surface area contributed by atoms with E-state index in [2.05, 4.69) is 4.90 Å². The SMILES string of the molecule is NC(=O)C1=C(N2CCCCC2)CCCC1. The van der Waals surface area contributed by atoms with Crippen LogP contribution in [0.25, 0.3) is 0 Å². The standard InChI is InChI=1S/C12H20N2O/c13-12(15)10-6-2-3-7-11(10)14-8-4-1-5-9-14/h1-9H2,(H2,13,15). The van der Waals surface area contributed by atoms with Crippen LogP contribution >= 0.6 is 0 Å². The van der Waals surface area contributed by atoms with Crippen molar-refractivity contribution in [3.8, 4) is 0 Å². The lowest BCUT2D eigenvalue weighted by Crippen LogP contribution is -2.33. The molecular weight excluding hydrogens is 188 g/mol. The van der Waals surface area contributed by atoms with Gasteiger partial charge in [-0.1, -0.05) is 0 Å². The molecule has 0 aromatic heterocycles. The lowest BCUT2D eigenvalue weighted by atomic mass is 9.94. The maximum atomic E-state index is 11.3. The Bertz CT molecular complexity index is 277. The first kappa shape index (κ1) is 10.5. The largest absolute Gasteiger partial charge is 0.374 e. The van der Waals surface area contributed by atoms with Gasteiger partial charge in [-0.15, -0.1) is 0 Å². The van der Waals surface area contributed by atoms with Gasteiger partial charge in [-0.3, -0.25) is 4.79 Å². The van der Waals surface area contributed by atoms with Gasteiger partial charge in [0.25, 0.3) is 0 Å². The van der Waals surface area contributed by atoms with E-state index in [4.69, 9.17) is 5.73 Å². The number of hydrogen-bond donors (Lipinski definition) is 1. The Morgan fingerprint density at radius 3 is 2.33 bits per heavy atom. The molecule has 2 N–H and O–H groups in total. The monoisotopic (exact) mass is 208 g/mol. The molecule has 0 saturated carbocycles. The maximum Gasteiger partial charge on any atom is 0.246 e. The van der Waals surface area contributed by atoms with Gasteiger partial charge in [0.05, 0.1) is 0 Å². The molecule has 84 valence electrons. The highest BCUT2D eigenvalue weighted by atomic mass is 16.1. The Balaban J connectivity index is 2.17. The minimum Gasteiger partial charge on any atom is -0.374 e. The summed E-state index contributed by atoms with van der Waals surface area (Å²) in [7, 11) is 0. The molecule has 2 aliphatic rings. The fourth-order valence-electron chi connectivity index (χ4n) is 2.67. The van der Waals surface area contributed by atoms with Crippen LogP contribution in [0.5, 0.6) is 0 Å². The van der Waals surface area contributed by atoms with Crippen LogP contribution in [0.4, 0.5) is 0 Å². The topological polar surface area (TPSA) is 46.3 Å². The van der Waals surface area contributed by atoms with Gasteiger partial charge in [-0.25, -0.2) is 0 Å². The van der Waals surface area contributed by atoms with Gasteiger partial charge in [0, 0.05) is 24.4 Å². The van der Waals surface area contributed by atoms with Gasteiger partial charge < -0.3 is 10.6 Å². The van der Waals surface area contributed by atoms with Crippen LogP contribution in [0, 0.1) is 0 Å². The molecule has 0 unspecified atom stereocenters. The van der Waals surface area contributed by atoms with Crippen molar-refractivity contribution in [2.24, 2.45) is 5.73 Å². The predicted octanol–water partition coefficient (Wildman–Crippen LogP) is 1.79. The molecule has 0 atom stereocenters. The van der Waals surface area contributed by atoms with E-state index in [0.29, 0.717) is 0 Å². The lowest BCUT2D eigenvalue weighted by molar-refractivity contribution is -0.115. The van der Waals surface area contributed by atoms with Gasteiger partial charge in [0.1, 0.15) is 0 Å². The summed E-state index contributed by atoms with van der Waals surface area (Å²) < 4.78 is 0. The van der Waals surface area contributed by atoms with Crippen LogP contribution < -0.4 is 5.73 Å². The molecule has 1 aliphatic carbocycles. The minimum atomic E-state index is -0.199. The number of likely N-dealkylation sites (tertiary alicyclic amines) is 1. The number of hydrogen-bond acceptors (Lipinski definition) is 2. The molecule has 1 amide bonds. The predicted molar refractivity (Wildman–Crippen MR) is 60.1 cm³/mol. The summed E-state index contributed by atoms with van der Waals surface area (Å²) >= 11 is 0. The van der Waals surface area contributed by atoms with E-state index in [1.54, 1.807) is 0 Å². The van der Waals surface area contributed by atoms with Gasteiger partial charge in [0.2, 0.25) is 5.91 Å². The van der Waals surface area contributed by atoms with Gasteiger partial charge in [0.15, 0.2) is 0 Å². The molecule has 0 radical (unpaired) electrons. The number of piperidine rings is 1. The number of nitrogens with two attached hydrogens (primary N) is 1. The number of allylic oxidation sites excluding steroid dienone is 1. The lowest BCUT2D eigenvalue weighted by Gasteiger charge is -2.34. The van der Waals surface area contributed by atoms with Crippen molar-refractivity contribution in [3.05, 3.63) is 11.3 Å². The molecule has 1 aliphatic heterocycles. The molecule has 1 heterocycles. The van der Waals surface area contributed by atoms with Crippen molar-refractivity contribution in [2.45, 2.75) is 44.9 Å². The summed E-state index contributed by atoms with van der Waals surface area (Å²) in [6.07, 6.45) is 8.12. The quantitative estimate of drug-likeness (QED) is 0.752. The zero-order valence-electron chi connectivity index (χ0n) is 9.30. The first-order valence-electron chi connectivity index (χ1n) is 6.06. The van der Waals surface area contributed by atoms with Gasteiger partial charge in [-0.05, 0) is 44.9 Å². The van der Waals surface area contributed by atoms with Gasteiger partial charge >= 0.3 is 0 Å². The number of carbonyl (C=O) groups is 1. The number of rotatable bonds is 2. The number of carbonyl (C=O) groups excluding carboxylic acids is 1. The van der Waals surface area contributed by atoms with Crippen molar-refractivity contribution in [1.29, 1.82) is 0 Å². The van der Waals surface area contributed by atoms with E-state index in [1.165, 1.54) is 31.4 Å². The Hall–Kier alpha value is -0.990. The van der Waals surface area contributed by atoms with Crippen molar-refractivity contribution >= 4 is 5.91 Å². The third-order valence-electron chi connectivity index (χ3n) is 3.47.